The number of hydrogen-bond donors (Lipinski definition) is 1. The van der Waals surface area contributed by atoms with Crippen LogP contribution in [0.25, 0.3) is 22.0 Å². The van der Waals surface area contributed by atoms with Gasteiger partial charge in [-0.1, -0.05) is 30.3 Å². The Labute approximate surface area is 106 Å². The van der Waals surface area contributed by atoms with Crippen LogP contribution in [0.2, 0.25) is 0 Å². The van der Waals surface area contributed by atoms with Crippen LogP contribution in [0, 0.1) is 0 Å². The van der Waals surface area contributed by atoms with Crippen LogP contribution in [0.4, 0.5) is 5.69 Å². The Morgan fingerprint density at radius 2 is 1.78 bits per heavy atom. The van der Waals surface area contributed by atoms with Crippen molar-refractivity contribution in [2.75, 3.05) is 12.4 Å². The number of aromatic nitrogens is 1. The second-order valence-corrected chi connectivity index (χ2v) is 4.24. The van der Waals surface area contributed by atoms with Crippen LogP contribution in [0.3, 0.4) is 0 Å². The number of benzene rings is 2. The van der Waals surface area contributed by atoms with Gasteiger partial charge in [-0.25, -0.2) is 0 Å². The highest BCUT2D eigenvalue weighted by Crippen LogP contribution is 2.25. The summed E-state index contributed by atoms with van der Waals surface area (Å²) in [5, 5.41) is 4.33. The number of anilines is 1. The lowest BCUT2D eigenvalue weighted by Gasteiger charge is -2.06. The fraction of sp³-hybridized carbons (Fsp3) is 0.0625. The fourth-order valence-electron chi connectivity index (χ4n) is 2.10. The van der Waals surface area contributed by atoms with E-state index in [1.807, 2.05) is 19.3 Å². The minimum atomic E-state index is 1.03. The lowest BCUT2D eigenvalue weighted by molar-refractivity contribution is 1.41. The summed E-state index contributed by atoms with van der Waals surface area (Å²) in [5.41, 5.74) is 4.55. The van der Waals surface area contributed by atoms with E-state index in [1.54, 1.807) is 0 Å². The highest BCUT2D eigenvalue weighted by atomic mass is 14.8. The molecule has 0 aliphatic carbocycles. The lowest BCUT2D eigenvalue weighted by Crippen LogP contribution is -1.88. The summed E-state index contributed by atoms with van der Waals surface area (Å²) in [5.74, 6) is 0. The summed E-state index contributed by atoms with van der Waals surface area (Å²) in [7, 11) is 1.93. The van der Waals surface area contributed by atoms with Gasteiger partial charge in [0.1, 0.15) is 0 Å². The van der Waals surface area contributed by atoms with E-state index < -0.39 is 0 Å². The summed E-state index contributed by atoms with van der Waals surface area (Å²) in [6.07, 6.45) is 1.83. The monoisotopic (exact) mass is 234 g/mol. The zero-order valence-electron chi connectivity index (χ0n) is 10.2. The summed E-state index contributed by atoms with van der Waals surface area (Å²) < 4.78 is 0. The molecule has 0 radical (unpaired) electrons. The molecule has 0 unspecified atom stereocenters. The van der Waals surface area contributed by atoms with Gasteiger partial charge in [-0.3, -0.25) is 4.98 Å². The Bertz CT molecular complexity index is 689. The van der Waals surface area contributed by atoms with Gasteiger partial charge in [0, 0.05) is 24.3 Å². The van der Waals surface area contributed by atoms with Gasteiger partial charge in [-0.05, 0) is 35.4 Å². The average Bonchev–Trinajstić information content (AvgIpc) is 2.47. The minimum absolute atomic E-state index is 1.03. The second-order valence-electron chi connectivity index (χ2n) is 4.24. The molecule has 1 aromatic heterocycles. The van der Waals surface area contributed by atoms with Gasteiger partial charge >= 0.3 is 0 Å². The van der Waals surface area contributed by atoms with Crippen molar-refractivity contribution in [1.29, 1.82) is 0 Å². The molecular weight excluding hydrogens is 220 g/mol. The minimum Gasteiger partial charge on any atom is -0.388 e. The molecule has 0 saturated heterocycles. The van der Waals surface area contributed by atoms with Gasteiger partial charge in [0.25, 0.3) is 0 Å². The molecule has 2 heteroatoms. The largest absolute Gasteiger partial charge is 0.388 e. The van der Waals surface area contributed by atoms with E-state index >= 15 is 0 Å². The molecule has 0 atom stereocenters. The first-order valence-corrected chi connectivity index (χ1v) is 6.00. The third-order valence-electron chi connectivity index (χ3n) is 3.09. The fourth-order valence-corrected chi connectivity index (χ4v) is 2.10. The van der Waals surface area contributed by atoms with Gasteiger partial charge in [-0.2, -0.15) is 0 Å². The third-order valence-corrected chi connectivity index (χ3v) is 3.09. The van der Waals surface area contributed by atoms with Crippen molar-refractivity contribution in [1.82, 2.24) is 4.98 Å². The maximum absolute atomic E-state index is 4.39. The number of hydrogen-bond acceptors (Lipinski definition) is 2. The molecule has 3 aromatic rings. The SMILES string of the molecule is CNc1cccc(-c2ccc3cccnc3c2)c1. The molecule has 0 bridgehead atoms. The van der Waals surface area contributed by atoms with E-state index in [1.165, 1.54) is 16.5 Å². The molecular formula is C16H14N2. The van der Waals surface area contributed by atoms with E-state index in [0.717, 1.165) is 11.2 Å². The smallest absolute Gasteiger partial charge is 0.0708 e. The van der Waals surface area contributed by atoms with Crippen molar-refractivity contribution < 1.29 is 0 Å². The van der Waals surface area contributed by atoms with Crippen LogP contribution in [0.5, 0.6) is 0 Å². The van der Waals surface area contributed by atoms with Crippen molar-refractivity contribution in [3.8, 4) is 11.1 Å². The quantitative estimate of drug-likeness (QED) is 0.726. The second kappa shape index (κ2) is 4.49. The molecule has 2 aromatic carbocycles. The van der Waals surface area contributed by atoms with E-state index in [4.69, 9.17) is 0 Å². The molecule has 0 fully saturated rings. The molecule has 88 valence electrons. The van der Waals surface area contributed by atoms with Gasteiger partial charge in [0.05, 0.1) is 5.52 Å². The van der Waals surface area contributed by atoms with Gasteiger partial charge in [0.15, 0.2) is 0 Å². The zero-order valence-corrected chi connectivity index (χ0v) is 10.2. The predicted molar refractivity (Wildman–Crippen MR) is 76.7 cm³/mol. The first-order valence-electron chi connectivity index (χ1n) is 6.00. The van der Waals surface area contributed by atoms with Crippen LogP contribution in [0.1, 0.15) is 0 Å². The van der Waals surface area contributed by atoms with E-state index in [-0.39, 0.29) is 0 Å². The van der Waals surface area contributed by atoms with Crippen LogP contribution < -0.4 is 5.32 Å². The van der Waals surface area contributed by atoms with Crippen molar-refractivity contribution in [3.63, 3.8) is 0 Å². The number of nitrogens with one attached hydrogen (secondary N) is 1. The highest BCUT2D eigenvalue weighted by molar-refractivity contribution is 5.84. The summed E-state index contributed by atoms with van der Waals surface area (Å²) in [6.45, 7) is 0. The molecule has 0 aliphatic rings. The summed E-state index contributed by atoms with van der Waals surface area (Å²) in [4.78, 5) is 4.39. The molecule has 2 nitrogen and oxygen atoms in total. The summed E-state index contributed by atoms with van der Waals surface area (Å²) >= 11 is 0. The van der Waals surface area contributed by atoms with Crippen molar-refractivity contribution in [2.45, 2.75) is 0 Å². The number of rotatable bonds is 2. The maximum atomic E-state index is 4.39. The Balaban J connectivity index is 2.13. The van der Waals surface area contributed by atoms with E-state index in [2.05, 4.69) is 58.8 Å². The van der Waals surface area contributed by atoms with Crippen molar-refractivity contribution in [3.05, 3.63) is 60.8 Å². The van der Waals surface area contributed by atoms with Crippen LogP contribution in [0.15, 0.2) is 60.8 Å². The molecule has 0 saturated carbocycles. The van der Waals surface area contributed by atoms with Gasteiger partial charge in [0.2, 0.25) is 0 Å². The Morgan fingerprint density at radius 3 is 2.67 bits per heavy atom. The lowest BCUT2D eigenvalue weighted by atomic mass is 10.0. The Morgan fingerprint density at radius 1 is 0.889 bits per heavy atom. The molecule has 0 spiro atoms. The highest BCUT2D eigenvalue weighted by Gasteiger charge is 2.00. The number of pyridine rings is 1. The van der Waals surface area contributed by atoms with Crippen LogP contribution in [-0.2, 0) is 0 Å². The average molecular weight is 234 g/mol. The topological polar surface area (TPSA) is 24.9 Å². The molecule has 1 heterocycles. The standard InChI is InChI=1S/C16H14N2/c1-17-15-6-2-4-13(10-15)14-8-7-12-5-3-9-18-16(12)11-14/h2-11,17H,1H3. The van der Waals surface area contributed by atoms with Crippen molar-refractivity contribution in [2.24, 2.45) is 0 Å². The summed E-state index contributed by atoms with van der Waals surface area (Å²) in [6, 6.07) is 18.8. The van der Waals surface area contributed by atoms with Gasteiger partial charge in [-0.15, -0.1) is 0 Å². The Kier molecular flexibility index (Phi) is 2.69. The molecule has 18 heavy (non-hydrogen) atoms. The molecule has 0 aliphatic heterocycles. The van der Waals surface area contributed by atoms with E-state index in [0.29, 0.717) is 0 Å². The first-order chi connectivity index (χ1) is 8.86. The van der Waals surface area contributed by atoms with Gasteiger partial charge < -0.3 is 5.32 Å². The van der Waals surface area contributed by atoms with E-state index in [9.17, 15) is 0 Å². The normalized spacial score (nSPS) is 10.5. The first kappa shape index (κ1) is 10.8. The predicted octanol–water partition coefficient (Wildman–Crippen LogP) is 3.94. The molecule has 1 N–H and O–H groups in total. The zero-order chi connectivity index (χ0) is 12.4. The van der Waals surface area contributed by atoms with Crippen molar-refractivity contribution >= 4 is 16.6 Å². The number of nitrogens with zero attached hydrogens (tertiary/aromatic N) is 1. The number of fused-ring (bicyclic) bond motifs is 1. The Hall–Kier alpha value is -2.35. The van der Waals surface area contributed by atoms with Crippen LogP contribution in [-0.4, -0.2) is 12.0 Å². The van der Waals surface area contributed by atoms with Crippen LogP contribution >= 0.6 is 0 Å². The maximum Gasteiger partial charge on any atom is 0.0708 e. The third kappa shape index (κ3) is 1.93. The molecule has 3 rings (SSSR count). The molecule has 0 amide bonds.